The predicted molar refractivity (Wildman–Crippen MR) is 70.3 cm³/mol. The first-order valence-electron chi connectivity index (χ1n) is 6.29. The Hall–Kier alpha value is -1.96. The summed E-state index contributed by atoms with van der Waals surface area (Å²) < 4.78 is 0. The largest absolute Gasteiger partial charge is 0.391 e. The van der Waals surface area contributed by atoms with Crippen molar-refractivity contribution in [1.29, 1.82) is 0 Å². The van der Waals surface area contributed by atoms with Crippen molar-refractivity contribution in [2.75, 3.05) is 29.9 Å². The molecule has 0 aromatic carbocycles. The highest BCUT2D eigenvalue weighted by Crippen LogP contribution is 2.32. The third kappa shape index (κ3) is 2.90. The third-order valence-electron chi connectivity index (χ3n) is 3.03. The second-order valence-corrected chi connectivity index (χ2v) is 4.42. The molecule has 104 valence electrons. The number of β-amino-alcohol motifs (C(OH)–C–C–N with tert-alkyl or cyclic N) is 1. The van der Waals surface area contributed by atoms with Crippen LogP contribution in [0, 0.1) is 10.1 Å². The van der Waals surface area contributed by atoms with Crippen molar-refractivity contribution < 1.29 is 10.0 Å². The van der Waals surface area contributed by atoms with Crippen LogP contribution >= 0.6 is 0 Å². The molecule has 0 aliphatic carbocycles. The van der Waals surface area contributed by atoms with Gasteiger partial charge < -0.3 is 15.3 Å². The number of rotatable bonds is 4. The van der Waals surface area contributed by atoms with Crippen LogP contribution in [0.1, 0.15) is 19.8 Å². The van der Waals surface area contributed by atoms with Crippen molar-refractivity contribution >= 4 is 17.3 Å². The molecule has 1 aliphatic heterocycles. The Morgan fingerprint density at radius 1 is 1.63 bits per heavy atom. The van der Waals surface area contributed by atoms with Gasteiger partial charge in [0.05, 0.1) is 11.0 Å². The van der Waals surface area contributed by atoms with Gasteiger partial charge in [-0.2, -0.15) is 0 Å². The van der Waals surface area contributed by atoms with Gasteiger partial charge in [-0.3, -0.25) is 10.1 Å². The normalized spacial score (nSPS) is 19.3. The SMILES string of the molecule is CCNc1ncnc(N2CCCC(O)C2)c1[N+](=O)[O-]. The van der Waals surface area contributed by atoms with E-state index in [0.29, 0.717) is 19.6 Å². The number of piperidine rings is 1. The van der Waals surface area contributed by atoms with Crippen LogP contribution in [-0.4, -0.2) is 45.7 Å². The molecule has 2 rings (SSSR count). The molecule has 2 heterocycles. The van der Waals surface area contributed by atoms with Gasteiger partial charge >= 0.3 is 5.69 Å². The Labute approximate surface area is 110 Å². The first kappa shape index (κ1) is 13.5. The number of aliphatic hydroxyl groups excluding tert-OH is 1. The quantitative estimate of drug-likeness (QED) is 0.613. The number of nitrogens with zero attached hydrogens (tertiary/aromatic N) is 4. The van der Waals surface area contributed by atoms with Crippen LogP contribution in [0.2, 0.25) is 0 Å². The van der Waals surface area contributed by atoms with Crippen LogP contribution in [0.15, 0.2) is 6.33 Å². The minimum Gasteiger partial charge on any atom is -0.391 e. The van der Waals surface area contributed by atoms with E-state index in [-0.39, 0.29) is 17.3 Å². The average Bonchev–Trinajstić information content (AvgIpc) is 2.38. The summed E-state index contributed by atoms with van der Waals surface area (Å²) >= 11 is 0. The molecule has 8 heteroatoms. The fourth-order valence-electron chi connectivity index (χ4n) is 2.21. The van der Waals surface area contributed by atoms with E-state index in [9.17, 15) is 15.2 Å². The number of aromatic nitrogens is 2. The van der Waals surface area contributed by atoms with Crippen molar-refractivity contribution in [1.82, 2.24) is 9.97 Å². The summed E-state index contributed by atoms with van der Waals surface area (Å²) in [6.45, 7) is 3.40. The fourth-order valence-corrected chi connectivity index (χ4v) is 2.21. The number of nitro groups is 1. The van der Waals surface area contributed by atoms with E-state index < -0.39 is 11.0 Å². The molecular weight excluding hydrogens is 250 g/mol. The molecule has 19 heavy (non-hydrogen) atoms. The van der Waals surface area contributed by atoms with Crippen LogP contribution in [0.3, 0.4) is 0 Å². The zero-order valence-electron chi connectivity index (χ0n) is 10.7. The molecule has 0 spiro atoms. The molecule has 1 fully saturated rings. The zero-order valence-corrected chi connectivity index (χ0v) is 10.7. The van der Waals surface area contributed by atoms with Crippen molar-refractivity contribution in [2.24, 2.45) is 0 Å². The van der Waals surface area contributed by atoms with Crippen molar-refractivity contribution in [3.63, 3.8) is 0 Å². The molecule has 1 aromatic heterocycles. The van der Waals surface area contributed by atoms with Gasteiger partial charge in [-0.05, 0) is 19.8 Å². The molecule has 1 unspecified atom stereocenters. The molecule has 0 bridgehead atoms. The van der Waals surface area contributed by atoms with Crippen molar-refractivity contribution in [3.8, 4) is 0 Å². The lowest BCUT2D eigenvalue weighted by Crippen LogP contribution is -2.39. The lowest BCUT2D eigenvalue weighted by atomic mass is 10.1. The van der Waals surface area contributed by atoms with Crippen LogP contribution in [0.4, 0.5) is 17.3 Å². The Balaban J connectivity index is 2.38. The topological polar surface area (TPSA) is 104 Å². The highest BCUT2D eigenvalue weighted by molar-refractivity contribution is 5.70. The number of anilines is 2. The maximum atomic E-state index is 11.2. The highest BCUT2D eigenvalue weighted by Gasteiger charge is 2.29. The second-order valence-electron chi connectivity index (χ2n) is 4.42. The predicted octanol–water partition coefficient (Wildman–Crippen LogP) is 0.778. The van der Waals surface area contributed by atoms with Crippen LogP contribution < -0.4 is 10.2 Å². The molecule has 0 saturated carbocycles. The lowest BCUT2D eigenvalue weighted by Gasteiger charge is -2.30. The van der Waals surface area contributed by atoms with E-state index in [4.69, 9.17) is 0 Å². The molecule has 8 nitrogen and oxygen atoms in total. The number of hydrogen-bond acceptors (Lipinski definition) is 7. The van der Waals surface area contributed by atoms with Crippen LogP contribution in [0.25, 0.3) is 0 Å². The van der Waals surface area contributed by atoms with Crippen molar-refractivity contribution in [3.05, 3.63) is 16.4 Å². The summed E-state index contributed by atoms with van der Waals surface area (Å²) in [6.07, 6.45) is 2.35. The van der Waals surface area contributed by atoms with Gasteiger partial charge in [0.15, 0.2) is 0 Å². The summed E-state index contributed by atoms with van der Waals surface area (Å²) in [5, 5.41) is 23.8. The standard InChI is InChI=1S/C11H17N5O3/c1-2-12-10-9(16(18)19)11(14-7-13-10)15-5-3-4-8(17)6-15/h7-8,17H,2-6H2,1H3,(H,12,13,14). The van der Waals surface area contributed by atoms with Gasteiger partial charge in [-0.15, -0.1) is 0 Å². The van der Waals surface area contributed by atoms with Gasteiger partial charge in [0.25, 0.3) is 0 Å². The maximum absolute atomic E-state index is 11.2. The smallest absolute Gasteiger partial charge is 0.353 e. The Kier molecular flexibility index (Phi) is 4.10. The van der Waals surface area contributed by atoms with Gasteiger partial charge in [0.2, 0.25) is 11.6 Å². The molecule has 1 saturated heterocycles. The van der Waals surface area contributed by atoms with E-state index in [1.165, 1.54) is 6.33 Å². The summed E-state index contributed by atoms with van der Waals surface area (Å²) in [4.78, 5) is 20.4. The Morgan fingerprint density at radius 3 is 3.05 bits per heavy atom. The summed E-state index contributed by atoms with van der Waals surface area (Å²) in [6, 6.07) is 0. The lowest BCUT2D eigenvalue weighted by molar-refractivity contribution is -0.383. The zero-order chi connectivity index (χ0) is 13.8. The van der Waals surface area contributed by atoms with Gasteiger partial charge in [-0.25, -0.2) is 9.97 Å². The molecular formula is C11H17N5O3. The minimum atomic E-state index is -0.478. The summed E-state index contributed by atoms with van der Waals surface area (Å²) in [5.41, 5.74) is -0.126. The molecule has 0 amide bonds. The first-order chi connectivity index (χ1) is 9.13. The molecule has 1 aliphatic rings. The van der Waals surface area contributed by atoms with Gasteiger partial charge in [0.1, 0.15) is 6.33 Å². The Bertz CT molecular complexity index is 468. The van der Waals surface area contributed by atoms with Crippen LogP contribution in [0.5, 0.6) is 0 Å². The molecule has 1 aromatic rings. The monoisotopic (exact) mass is 267 g/mol. The maximum Gasteiger partial charge on any atom is 0.353 e. The van der Waals surface area contributed by atoms with E-state index >= 15 is 0 Å². The third-order valence-corrected chi connectivity index (χ3v) is 3.03. The van der Waals surface area contributed by atoms with E-state index in [1.807, 2.05) is 6.92 Å². The van der Waals surface area contributed by atoms with E-state index in [0.717, 1.165) is 12.8 Å². The molecule has 1 atom stereocenters. The molecule has 2 N–H and O–H groups in total. The number of hydrogen-bond donors (Lipinski definition) is 2. The summed E-state index contributed by atoms with van der Waals surface area (Å²) in [5.74, 6) is 0.493. The highest BCUT2D eigenvalue weighted by atomic mass is 16.6. The average molecular weight is 267 g/mol. The number of nitrogens with one attached hydrogen (secondary N) is 1. The molecule has 0 radical (unpaired) electrons. The fraction of sp³-hybridized carbons (Fsp3) is 0.636. The van der Waals surface area contributed by atoms with Gasteiger partial charge in [-0.1, -0.05) is 0 Å². The van der Waals surface area contributed by atoms with E-state index in [2.05, 4.69) is 15.3 Å². The first-order valence-corrected chi connectivity index (χ1v) is 6.29. The van der Waals surface area contributed by atoms with E-state index in [1.54, 1.807) is 4.90 Å². The van der Waals surface area contributed by atoms with Crippen LogP contribution in [-0.2, 0) is 0 Å². The van der Waals surface area contributed by atoms with Gasteiger partial charge in [0, 0.05) is 19.6 Å². The minimum absolute atomic E-state index is 0.126. The second kappa shape index (κ2) is 5.79. The van der Waals surface area contributed by atoms with Crippen molar-refractivity contribution in [2.45, 2.75) is 25.9 Å². The summed E-state index contributed by atoms with van der Waals surface area (Å²) in [7, 11) is 0. The Morgan fingerprint density at radius 2 is 2.42 bits per heavy atom. The number of aliphatic hydroxyl groups is 1.